The summed E-state index contributed by atoms with van der Waals surface area (Å²) in [4.78, 5) is 0.943. The molecule has 0 radical (unpaired) electrons. The van der Waals surface area contributed by atoms with E-state index in [-0.39, 0.29) is 0 Å². The van der Waals surface area contributed by atoms with Crippen molar-refractivity contribution >= 4 is 38.7 Å². The number of nitrogens with two attached hydrogens (primary N) is 1. The molecule has 2 N–H and O–H groups in total. The molecule has 1 aromatic carbocycles. The van der Waals surface area contributed by atoms with Crippen molar-refractivity contribution in [1.29, 1.82) is 0 Å². The highest BCUT2D eigenvalue weighted by atomic mass is 35.5. The van der Waals surface area contributed by atoms with Crippen molar-refractivity contribution in [3.8, 4) is 10.6 Å². The smallest absolute Gasteiger partial charge is 0.199 e. The van der Waals surface area contributed by atoms with Crippen LogP contribution >= 0.6 is 22.9 Å². The van der Waals surface area contributed by atoms with Gasteiger partial charge in [-0.25, -0.2) is 0 Å². The van der Waals surface area contributed by atoms with Crippen LogP contribution < -0.4 is 5.73 Å². The summed E-state index contributed by atoms with van der Waals surface area (Å²) in [5.74, 6) is 0.609. The maximum Gasteiger partial charge on any atom is 0.199 e. The van der Waals surface area contributed by atoms with Crippen LogP contribution in [-0.2, 0) is 0 Å². The minimum atomic E-state index is 0.544. The number of nitrogens with zero attached hydrogens (tertiary/aromatic N) is 1. The highest BCUT2D eigenvalue weighted by Crippen LogP contribution is 2.38. The zero-order valence-electron chi connectivity index (χ0n) is 8.11. The number of nitrogen functional groups attached to an aromatic ring is 1. The molecule has 80 valence electrons. The highest BCUT2D eigenvalue weighted by Gasteiger charge is 2.12. The molecule has 16 heavy (non-hydrogen) atoms. The van der Waals surface area contributed by atoms with E-state index < -0.39 is 0 Å². The quantitative estimate of drug-likeness (QED) is 0.715. The Kier molecular flexibility index (Phi) is 2.12. The Bertz CT molecular complexity index is 659. The minimum absolute atomic E-state index is 0.544. The third-order valence-electron chi connectivity index (χ3n) is 2.33. The molecule has 0 aliphatic heterocycles. The molecule has 0 saturated heterocycles. The van der Waals surface area contributed by atoms with E-state index in [4.69, 9.17) is 21.9 Å². The third-order valence-corrected chi connectivity index (χ3v) is 3.76. The van der Waals surface area contributed by atoms with E-state index in [1.165, 1.54) is 6.20 Å². The van der Waals surface area contributed by atoms with Crippen molar-refractivity contribution in [1.82, 2.24) is 5.16 Å². The van der Waals surface area contributed by atoms with Gasteiger partial charge in [0.05, 0.1) is 11.1 Å². The molecule has 5 heteroatoms. The number of hydrogen-bond acceptors (Lipinski definition) is 4. The van der Waals surface area contributed by atoms with E-state index >= 15 is 0 Å². The standard InChI is InChI=1S/C11H7ClN2OS/c12-7-2-1-3-9-6(7)4-10(16-9)11-8(13)5-14-15-11/h1-5H,13H2. The van der Waals surface area contributed by atoms with Gasteiger partial charge < -0.3 is 10.3 Å². The summed E-state index contributed by atoms with van der Waals surface area (Å²) in [6, 6.07) is 7.78. The van der Waals surface area contributed by atoms with Crippen LogP contribution in [0.5, 0.6) is 0 Å². The van der Waals surface area contributed by atoms with E-state index in [1.807, 2.05) is 24.3 Å². The van der Waals surface area contributed by atoms with E-state index in [0.717, 1.165) is 20.0 Å². The number of fused-ring (bicyclic) bond motifs is 1. The average Bonchev–Trinajstić information content (AvgIpc) is 2.84. The molecule has 3 aromatic rings. The summed E-state index contributed by atoms with van der Waals surface area (Å²) in [5.41, 5.74) is 6.29. The highest BCUT2D eigenvalue weighted by molar-refractivity contribution is 7.22. The number of aromatic nitrogens is 1. The number of halogens is 1. The van der Waals surface area contributed by atoms with Crippen LogP contribution in [0.3, 0.4) is 0 Å². The summed E-state index contributed by atoms with van der Waals surface area (Å²) in [6.07, 6.45) is 1.50. The molecule has 0 aliphatic carbocycles. The van der Waals surface area contributed by atoms with Gasteiger partial charge in [0.1, 0.15) is 5.69 Å². The van der Waals surface area contributed by atoms with Crippen molar-refractivity contribution in [2.75, 3.05) is 5.73 Å². The zero-order chi connectivity index (χ0) is 11.1. The molecule has 0 amide bonds. The van der Waals surface area contributed by atoms with Gasteiger partial charge in [-0.15, -0.1) is 11.3 Å². The van der Waals surface area contributed by atoms with Crippen LogP contribution in [0.2, 0.25) is 5.02 Å². The number of benzene rings is 1. The molecule has 2 aromatic heterocycles. The van der Waals surface area contributed by atoms with Crippen molar-refractivity contribution < 1.29 is 4.52 Å². The zero-order valence-corrected chi connectivity index (χ0v) is 9.68. The fourth-order valence-corrected chi connectivity index (χ4v) is 2.94. The van der Waals surface area contributed by atoms with E-state index in [1.54, 1.807) is 11.3 Å². The first kappa shape index (κ1) is 9.69. The number of thiophene rings is 1. The van der Waals surface area contributed by atoms with E-state index in [9.17, 15) is 0 Å². The van der Waals surface area contributed by atoms with Crippen molar-refractivity contribution in [2.24, 2.45) is 0 Å². The number of rotatable bonds is 1. The summed E-state index contributed by atoms with van der Waals surface area (Å²) in [5, 5.41) is 5.41. The molecule has 0 atom stereocenters. The molecule has 0 unspecified atom stereocenters. The summed E-state index contributed by atoms with van der Waals surface area (Å²) < 4.78 is 6.22. The molecule has 3 rings (SSSR count). The Morgan fingerprint density at radius 2 is 2.25 bits per heavy atom. The fraction of sp³-hybridized carbons (Fsp3) is 0. The predicted octanol–water partition coefficient (Wildman–Crippen LogP) is 3.79. The van der Waals surface area contributed by atoms with Gasteiger partial charge in [-0.1, -0.05) is 22.8 Å². The average molecular weight is 251 g/mol. The van der Waals surface area contributed by atoms with Gasteiger partial charge in [-0.3, -0.25) is 0 Å². The fourth-order valence-electron chi connectivity index (χ4n) is 1.57. The SMILES string of the molecule is Nc1cnoc1-c1cc2c(Cl)cccc2s1. The third kappa shape index (κ3) is 1.38. The van der Waals surface area contributed by atoms with Crippen LogP contribution in [-0.4, -0.2) is 5.16 Å². The molecule has 3 nitrogen and oxygen atoms in total. The van der Waals surface area contributed by atoms with Crippen molar-refractivity contribution in [2.45, 2.75) is 0 Å². The van der Waals surface area contributed by atoms with Crippen LogP contribution in [0.25, 0.3) is 20.7 Å². The lowest BCUT2D eigenvalue weighted by atomic mass is 10.2. The largest absolute Gasteiger partial charge is 0.394 e. The lowest BCUT2D eigenvalue weighted by Crippen LogP contribution is -1.81. The van der Waals surface area contributed by atoms with E-state index in [2.05, 4.69) is 5.16 Å². The molecule has 0 saturated carbocycles. The topological polar surface area (TPSA) is 52.0 Å². The second-order valence-electron chi connectivity index (χ2n) is 3.37. The normalized spacial score (nSPS) is 11.1. The summed E-state index contributed by atoms with van der Waals surface area (Å²) in [7, 11) is 0. The first-order valence-electron chi connectivity index (χ1n) is 4.64. The second-order valence-corrected chi connectivity index (χ2v) is 4.86. The Labute approximate surface area is 100 Å². The Morgan fingerprint density at radius 3 is 2.94 bits per heavy atom. The number of hydrogen-bond donors (Lipinski definition) is 1. The molecular formula is C11H7ClN2OS. The predicted molar refractivity (Wildman–Crippen MR) is 66.7 cm³/mol. The van der Waals surface area contributed by atoms with Gasteiger partial charge in [0, 0.05) is 15.1 Å². The van der Waals surface area contributed by atoms with Gasteiger partial charge in [-0.05, 0) is 18.2 Å². The monoisotopic (exact) mass is 250 g/mol. The van der Waals surface area contributed by atoms with Gasteiger partial charge in [0.15, 0.2) is 5.76 Å². The van der Waals surface area contributed by atoms with E-state index in [0.29, 0.717) is 11.4 Å². The van der Waals surface area contributed by atoms with Gasteiger partial charge in [0.25, 0.3) is 0 Å². The van der Waals surface area contributed by atoms with Gasteiger partial charge in [-0.2, -0.15) is 0 Å². The maximum atomic E-state index is 6.10. The van der Waals surface area contributed by atoms with Crippen LogP contribution in [0.1, 0.15) is 0 Å². The lowest BCUT2D eigenvalue weighted by Gasteiger charge is -1.89. The van der Waals surface area contributed by atoms with Crippen molar-refractivity contribution in [3.05, 3.63) is 35.5 Å². The minimum Gasteiger partial charge on any atom is -0.394 e. The molecule has 0 fully saturated rings. The Balaban J connectivity index is 2.27. The first-order chi connectivity index (χ1) is 7.75. The van der Waals surface area contributed by atoms with Gasteiger partial charge >= 0.3 is 0 Å². The van der Waals surface area contributed by atoms with Crippen LogP contribution in [0.4, 0.5) is 5.69 Å². The summed E-state index contributed by atoms with van der Waals surface area (Å²) >= 11 is 7.69. The Hall–Kier alpha value is -1.52. The first-order valence-corrected chi connectivity index (χ1v) is 5.84. The molecular weight excluding hydrogens is 244 g/mol. The van der Waals surface area contributed by atoms with Crippen molar-refractivity contribution in [3.63, 3.8) is 0 Å². The summed E-state index contributed by atoms with van der Waals surface area (Å²) in [6.45, 7) is 0. The Morgan fingerprint density at radius 1 is 1.38 bits per heavy atom. The molecule has 2 heterocycles. The van der Waals surface area contributed by atoms with Gasteiger partial charge in [0.2, 0.25) is 0 Å². The molecule has 0 aliphatic rings. The maximum absolute atomic E-state index is 6.10. The van der Waals surface area contributed by atoms with Crippen LogP contribution in [0, 0.1) is 0 Å². The van der Waals surface area contributed by atoms with Crippen LogP contribution in [0.15, 0.2) is 35.0 Å². The molecule has 0 bridgehead atoms. The number of anilines is 1. The lowest BCUT2D eigenvalue weighted by molar-refractivity contribution is 0.433. The molecule has 0 spiro atoms. The second kappa shape index (κ2) is 3.50.